The number of rotatable bonds is 8. The predicted octanol–water partition coefficient (Wildman–Crippen LogP) is 1.54. The average molecular weight is 241 g/mol. The molecule has 1 aromatic rings. The van der Waals surface area contributed by atoms with Crippen LogP contribution in [0.2, 0.25) is 0 Å². The highest BCUT2D eigenvalue weighted by molar-refractivity contribution is 5.84. The van der Waals surface area contributed by atoms with Crippen molar-refractivity contribution >= 4 is 5.97 Å². The SMILES string of the molecule is Cc1oc(C(=O)O)cc1CNCCCCCO. The highest BCUT2D eigenvalue weighted by atomic mass is 16.4. The van der Waals surface area contributed by atoms with Gasteiger partial charge in [0.25, 0.3) is 0 Å². The molecular formula is C12H19NO4. The number of hydrogen-bond donors (Lipinski definition) is 3. The van der Waals surface area contributed by atoms with Crippen molar-refractivity contribution in [1.29, 1.82) is 0 Å². The minimum absolute atomic E-state index is 0.0143. The zero-order chi connectivity index (χ0) is 12.7. The van der Waals surface area contributed by atoms with Crippen LogP contribution in [-0.4, -0.2) is 29.3 Å². The molecular weight excluding hydrogens is 222 g/mol. The number of aliphatic hydroxyl groups excluding tert-OH is 1. The maximum atomic E-state index is 10.7. The first-order valence-corrected chi connectivity index (χ1v) is 5.79. The number of carboxylic acids is 1. The molecule has 0 aliphatic carbocycles. The van der Waals surface area contributed by atoms with Crippen LogP contribution in [-0.2, 0) is 6.54 Å². The third-order valence-electron chi connectivity index (χ3n) is 2.56. The van der Waals surface area contributed by atoms with Crippen LogP contribution in [0.25, 0.3) is 0 Å². The van der Waals surface area contributed by atoms with Crippen molar-refractivity contribution in [2.24, 2.45) is 0 Å². The lowest BCUT2D eigenvalue weighted by Crippen LogP contribution is -2.14. The molecule has 3 N–H and O–H groups in total. The van der Waals surface area contributed by atoms with Crippen LogP contribution in [0.5, 0.6) is 0 Å². The summed E-state index contributed by atoms with van der Waals surface area (Å²) in [4.78, 5) is 10.7. The molecule has 1 aromatic heterocycles. The Morgan fingerprint density at radius 1 is 1.41 bits per heavy atom. The molecule has 17 heavy (non-hydrogen) atoms. The second kappa shape index (κ2) is 7.09. The van der Waals surface area contributed by atoms with Crippen LogP contribution in [0.3, 0.4) is 0 Å². The first-order valence-electron chi connectivity index (χ1n) is 5.79. The maximum absolute atomic E-state index is 10.7. The lowest BCUT2D eigenvalue weighted by atomic mass is 10.2. The summed E-state index contributed by atoms with van der Waals surface area (Å²) in [5.74, 6) is -0.410. The topological polar surface area (TPSA) is 82.7 Å². The molecule has 1 heterocycles. The highest BCUT2D eigenvalue weighted by Gasteiger charge is 2.12. The number of nitrogens with one attached hydrogen (secondary N) is 1. The monoisotopic (exact) mass is 241 g/mol. The number of unbranched alkanes of at least 4 members (excludes halogenated alkanes) is 2. The number of aryl methyl sites for hydroxylation is 1. The van der Waals surface area contributed by atoms with Gasteiger partial charge in [0.1, 0.15) is 5.76 Å². The summed E-state index contributed by atoms with van der Waals surface area (Å²) < 4.78 is 5.10. The van der Waals surface area contributed by atoms with Crippen molar-refractivity contribution in [3.63, 3.8) is 0 Å². The molecule has 0 saturated heterocycles. The molecule has 0 spiro atoms. The third-order valence-corrected chi connectivity index (χ3v) is 2.56. The van der Waals surface area contributed by atoms with Gasteiger partial charge in [-0.2, -0.15) is 0 Å². The predicted molar refractivity (Wildman–Crippen MR) is 63.0 cm³/mol. The normalized spacial score (nSPS) is 10.7. The molecule has 0 bridgehead atoms. The minimum atomic E-state index is -1.04. The third kappa shape index (κ3) is 4.58. The Kier molecular flexibility index (Phi) is 5.72. The Labute approximate surface area is 100 Å². The van der Waals surface area contributed by atoms with Crippen LogP contribution in [0.15, 0.2) is 10.5 Å². The standard InChI is InChI=1S/C12H19NO4/c1-9-10(7-11(17-9)12(15)16)8-13-5-3-2-4-6-14/h7,13-14H,2-6,8H2,1H3,(H,15,16). The van der Waals surface area contributed by atoms with Crippen molar-refractivity contribution in [2.75, 3.05) is 13.2 Å². The fraction of sp³-hybridized carbons (Fsp3) is 0.583. The van der Waals surface area contributed by atoms with E-state index in [1.807, 2.05) is 0 Å². The zero-order valence-corrected chi connectivity index (χ0v) is 10.0. The van der Waals surface area contributed by atoms with E-state index in [0.29, 0.717) is 12.3 Å². The second-order valence-electron chi connectivity index (χ2n) is 3.96. The van der Waals surface area contributed by atoms with Gasteiger partial charge >= 0.3 is 5.97 Å². The van der Waals surface area contributed by atoms with Crippen LogP contribution >= 0.6 is 0 Å². The van der Waals surface area contributed by atoms with E-state index in [1.165, 1.54) is 0 Å². The van der Waals surface area contributed by atoms with Gasteiger partial charge in [-0.1, -0.05) is 0 Å². The minimum Gasteiger partial charge on any atom is -0.475 e. The molecule has 0 atom stereocenters. The van der Waals surface area contributed by atoms with Gasteiger partial charge in [-0.05, 0) is 38.8 Å². The van der Waals surface area contributed by atoms with E-state index in [9.17, 15) is 4.79 Å². The fourth-order valence-corrected chi connectivity index (χ4v) is 1.56. The molecule has 1 rings (SSSR count). The van der Waals surface area contributed by atoms with Gasteiger partial charge in [-0.3, -0.25) is 0 Å². The van der Waals surface area contributed by atoms with Crippen molar-refractivity contribution in [1.82, 2.24) is 5.32 Å². The Bertz CT molecular complexity index is 359. The summed E-state index contributed by atoms with van der Waals surface area (Å²) in [7, 11) is 0. The molecule has 96 valence electrons. The van der Waals surface area contributed by atoms with Gasteiger partial charge in [-0.15, -0.1) is 0 Å². The molecule has 0 aliphatic heterocycles. The lowest BCUT2D eigenvalue weighted by Gasteiger charge is -2.02. The van der Waals surface area contributed by atoms with Gasteiger partial charge in [-0.25, -0.2) is 4.79 Å². The molecule has 0 unspecified atom stereocenters. The van der Waals surface area contributed by atoms with Gasteiger partial charge in [0.2, 0.25) is 5.76 Å². The number of aliphatic hydroxyl groups is 1. The summed E-state index contributed by atoms with van der Waals surface area (Å²) in [5.41, 5.74) is 0.879. The van der Waals surface area contributed by atoms with Gasteiger partial charge in [0.05, 0.1) is 0 Å². The summed E-state index contributed by atoms with van der Waals surface area (Å²) in [5, 5.41) is 20.6. The largest absolute Gasteiger partial charge is 0.475 e. The first-order chi connectivity index (χ1) is 8.15. The number of aromatic carboxylic acids is 1. The molecule has 5 heteroatoms. The molecule has 0 aromatic carbocycles. The van der Waals surface area contributed by atoms with Gasteiger partial charge in [0, 0.05) is 18.7 Å². The quantitative estimate of drug-likeness (QED) is 0.601. The van der Waals surface area contributed by atoms with Crippen LogP contribution in [0, 0.1) is 6.92 Å². The lowest BCUT2D eigenvalue weighted by molar-refractivity contribution is 0.0661. The highest BCUT2D eigenvalue weighted by Crippen LogP contribution is 2.14. The number of furan rings is 1. The fourth-order valence-electron chi connectivity index (χ4n) is 1.56. The number of carbonyl (C=O) groups is 1. The molecule has 5 nitrogen and oxygen atoms in total. The number of carboxylic acid groups (broad SMARTS) is 1. The Morgan fingerprint density at radius 2 is 2.18 bits per heavy atom. The van der Waals surface area contributed by atoms with E-state index in [0.717, 1.165) is 31.4 Å². The van der Waals surface area contributed by atoms with Gasteiger partial charge < -0.3 is 19.9 Å². The van der Waals surface area contributed by atoms with E-state index < -0.39 is 5.97 Å². The first kappa shape index (κ1) is 13.7. The van der Waals surface area contributed by atoms with Crippen molar-refractivity contribution < 1.29 is 19.4 Å². The van der Waals surface area contributed by atoms with Crippen LogP contribution in [0.4, 0.5) is 0 Å². The number of hydrogen-bond acceptors (Lipinski definition) is 4. The van der Waals surface area contributed by atoms with E-state index in [4.69, 9.17) is 14.6 Å². The molecule has 0 aliphatic rings. The van der Waals surface area contributed by atoms with Crippen LogP contribution in [0.1, 0.15) is 41.1 Å². The zero-order valence-electron chi connectivity index (χ0n) is 10.0. The van der Waals surface area contributed by atoms with Gasteiger partial charge in [0.15, 0.2) is 0 Å². The van der Waals surface area contributed by atoms with E-state index >= 15 is 0 Å². The van der Waals surface area contributed by atoms with E-state index in [2.05, 4.69) is 5.32 Å². The Hall–Kier alpha value is -1.33. The Balaban J connectivity index is 2.29. The molecule has 0 amide bonds. The van der Waals surface area contributed by atoms with Crippen LogP contribution < -0.4 is 5.32 Å². The van der Waals surface area contributed by atoms with Crippen molar-refractivity contribution in [3.8, 4) is 0 Å². The smallest absolute Gasteiger partial charge is 0.371 e. The molecule has 0 fully saturated rings. The van der Waals surface area contributed by atoms with Crippen molar-refractivity contribution in [3.05, 3.63) is 23.2 Å². The molecule has 0 radical (unpaired) electrons. The molecule has 0 saturated carbocycles. The Morgan fingerprint density at radius 3 is 2.76 bits per heavy atom. The maximum Gasteiger partial charge on any atom is 0.371 e. The summed E-state index contributed by atoms with van der Waals surface area (Å²) in [6.45, 7) is 3.47. The summed E-state index contributed by atoms with van der Waals surface area (Å²) >= 11 is 0. The van der Waals surface area contributed by atoms with E-state index in [-0.39, 0.29) is 12.4 Å². The second-order valence-corrected chi connectivity index (χ2v) is 3.96. The average Bonchev–Trinajstić information content (AvgIpc) is 2.65. The summed E-state index contributed by atoms with van der Waals surface area (Å²) in [6, 6.07) is 1.55. The van der Waals surface area contributed by atoms with Crippen molar-refractivity contribution in [2.45, 2.75) is 32.7 Å². The van der Waals surface area contributed by atoms with E-state index in [1.54, 1.807) is 13.0 Å². The summed E-state index contributed by atoms with van der Waals surface area (Å²) in [6.07, 6.45) is 2.83.